The lowest BCUT2D eigenvalue weighted by atomic mass is 10.2. The van der Waals surface area contributed by atoms with Crippen LogP contribution in [0.15, 0.2) is 41.1 Å². The van der Waals surface area contributed by atoms with Crippen LogP contribution in [0.1, 0.15) is 23.0 Å². The van der Waals surface area contributed by atoms with Crippen molar-refractivity contribution >= 4 is 11.8 Å². The molecule has 2 rings (SSSR count). The van der Waals surface area contributed by atoms with Crippen LogP contribution in [-0.4, -0.2) is 24.6 Å². The van der Waals surface area contributed by atoms with Gasteiger partial charge in [-0.1, -0.05) is 0 Å². The highest BCUT2D eigenvalue weighted by molar-refractivity contribution is 5.94. The van der Waals surface area contributed by atoms with Crippen LogP contribution in [0.2, 0.25) is 0 Å². The molecule has 0 radical (unpaired) electrons. The number of ether oxygens (including phenoxy) is 1. The zero-order chi connectivity index (χ0) is 13.7. The van der Waals surface area contributed by atoms with Gasteiger partial charge in [0.15, 0.2) is 0 Å². The van der Waals surface area contributed by atoms with E-state index in [1.54, 1.807) is 31.5 Å². The van der Waals surface area contributed by atoms with Crippen LogP contribution in [0.4, 0.5) is 5.82 Å². The molecule has 0 aliphatic carbocycles. The van der Waals surface area contributed by atoms with Crippen LogP contribution in [0, 0.1) is 0 Å². The maximum Gasteiger partial charge on any atom is 0.341 e. The largest absolute Gasteiger partial charge is 0.467 e. The first-order valence-corrected chi connectivity index (χ1v) is 6.08. The van der Waals surface area contributed by atoms with E-state index in [0.29, 0.717) is 24.5 Å². The summed E-state index contributed by atoms with van der Waals surface area (Å²) in [6.45, 7) is 2.66. The zero-order valence-electron chi connectivity index (χ0n) is 11.0. The number of carbonyl (C=O) groups excluding carboxylic acids is 1. The number of esters is 1. The molecule has 0 atom stereocenters. The first-order valence-electron chi connectivity index (χ1n) is 6.08. The Morgan fingerprint density at radius 2 is 2.26 bits per heavy atom. The molecular weight excluding hydrogens is 244 g/mol. The minimum Gasteiger partial charge on any atom is -0.467 e. The molecule has 0 saturated heterocycles. The molecule has 2 heterocycles. The number of hydrogen-bond donors (Lipinski definition) is 0. The quantitative estimate of drug-likeness (QED) is 0.773. The molecule has 2 aromatic rings. The van der Waals surface area contributed by atoms with Crippen molar-refractivity contribution in [1.29, 1.82) is 0 Å². The second kappa shape index (κ2) is 6.04. The lowest BCUT2D eigenvalue weighted by Crippen LogP contribution is -2.21. The van der Waals surface area contributed by atoms with Crippen molar-refractivity contribution < 1.29 is 13.9 Å². The van der Waals surface area contributed by atoms with Crippen molar-refractivity contribution in [2.75, 3.05) is 18.6 Å². The number of pyridine rings is 1. The lowest BCUT2D eigenvalue weighted by molar-refractivity contribution is 0.0526. The van der Waals surface area contributed by atoms with E-state index in [9.17, 15) is 4.79 Å². The summed E-state index contributed by atoms with van der Waals surface area (Å²) in [5.74, 6) is 1.03. The van der Waals surface area contributed by atoms with Gasteiger partial charge in [0, 0.05) is 13.2 Å². The van der Waals surface area contributed by atoms with Crippen LogP contribution in [-0.2, 0) is 11.3 Å². The van der Waals surface area contributed by atoms with E-state index in [1.807, 2.05) is 24.1 Å². The number of anilines is 1. The summed E-state index contributed by atoms with van der Waals surface area (Å²) in [5, 5.41) is 0. The molecule has 0 spiro atoms. The average molecular weight is 260 g/mol. The average Bonchev–Trinajstić information content (AvgIpc) is 2.92. The molecule has 2 aromatic heterocycles. The zero-order valence-corrected chi connectivity index (χ0v) is 11.0. The van der Waals surface area contributed by atoms with Crippen molar-refractivity contribution in [1.82, 2.24) is 4.98 Å². The smallest absolute Gasteiger partial charge is 0.341 e. The monoisotopic (exact) mass is 260 g/mol. The summed E-state index contributed by atoms with van der Waals surface area (Å²) < 4.78 is 10.3. The number of furan rings is 1. The number of carbonyl (C=O) groups is 1. The van der Waals surface area contributed by atoms with E-state index >= 15 is 0 Å². The molecule has 0 aliphatic heterocycles. The molecule has 0 aromatic carbocycles. The van der Waals surface area contributed by atoms with Crippen LogP contribution in [0.5, 0.6) is 0 Å². The minimum absolute atomic E-state index is 0.342. The maximum atomic E-state index is 11.9. The van der Waals surface area contributed by atoms with Gasteiger partial charge in [-0.25, -0.2) is 9.78 Å². The van der Waals surface area contributed by atoms with Gasteiger partial charge in [-0.05, 0) is 31.2 Å². The van der Waals surface area contributed by atoms with E-state index in [2.05, 4.69) is 4.98 Å². The lowest BCUT2D eigenvalue weighted by Gasteiger charge is -2.19. The minimum atomic E-state index is -0.364. The van der Waals surface area contributed by atoms with Crippen LogP contribution in [0.3, 0.4) is 0 Å². The van der Waals surface area contributed by atoms with Crippen molar-refractivity contribution in [2.45, 2.75) is 13.5 Å². The standard InChI is InChI=1S/C14H16N2O3/c1-3-18-14(17)12-7-4-8-15-13(12)16(2)10-11-6-5-9-19-11/h4-9H,3,10H2,1-2H3. The van der Waals surface area contributed by atoms with Gasteiger partial charge in [0.05, 0.1) is 19.4 Å². The summed E-state index contributed by atoms with van der Waals surface area (Å²) in [4.78, 5) is 18.0. The molecule has 0 fully saturated rings. The van der Waals surface area contributed by atoms with Crippen LogP contribution < -0.4 is 4.90 Å². The van der Waals surface area contributed by atoms with Gasteiger partial charge >= 0.3 is 5.97 Å². The number of nitrogens with zero attached hydrogens (tertiary/aromatic N) is 2. The fourth-order valence-corrected chi connectivity index (χ4v) is 1.78. The highest BCUT2D eigenvalue weighted by Crippen LogP contribution is 2.19. The molecule has 100 valence electrons. The highest BCUT2D eigenvalue weighted by Gasteiger charge is 2.17. The Morgan fingerprint density at radius 1 is 1.42 bits per heavy atom. The van der Waals surface area contributed by atoms with Gasteiger partial charge in [-0.2, -0.15) is 0 Å². The Bertz CT molecular complexity index is 537. The van der Waals surface area contributed by atoms with E-state index < -0.39 is 0 Å². The van der Waals surface area contributed by atoms with Gasteiger partial charge in [0.2, 0.25) is 0 Å². The summed E-state index contributed by atoms with van der Waals surface area (Å²) in [6, 6.07) is 7.13. The number of rotatable bonds is 5. The van der Waals surface area contributed by atoms with E-state index in [0.717, 1.165) is 5.76 Å². The van der Waals surface area contributed by atoms with Crippen LogP contribution in [0.25, 0.3) is 0 Å². The molecule has 0 unspecified atom stereocenters. The predicted molar refractivity (Wildman–Crippen MR) is 71.0 cm³/mol. The summed E-state index contributed by atoms with van der Waals surface area (Å²) in [5.41, 5.74) is 0.457. The first kappa shape index (κ1) is 13.1. The first-order chi connectivity index (χ1) is 9.22. The molecule has 0 saturated carbocycles. The fourth-order valence-electron chi connectivity index (χ4n) is 1.78. The summed E-state index contributed by atoms with van der Waals surface area (Å²) in [6.07, 6.45) is 3.27. The Kier molecular flexibility index (Phi) is 4.18. The van der Waals surface area contributed by atoms with Crippen molar-refractivity contribution in [3.63, 3.8) is 0 Å². The summed E-state index contributed by atoms with van der Waals surface area (Å²) in [7, 11) is 1.85. The Hall–Kier alpha value is -2.30. The third kappa shape index (κ3) is 3.13. The highest BCUT2D eigenvalue weighted by atomic mass is 16.5. The fraction of sp³-hybridized carbons (Fsp3) is 0.286. The predicted octanol–water partition coefficient (Wildman–Crippen LogP) is 2.49. The molecule has 19 heavy (non-hydrogen) atoms. The molecule has 0 N–H and O–H groups in total. The van der Waals surface area contributed by atoms with Gasteiger partial charge in [-0.3, -0.25) is 0 Å². The van der Waals surface area contributed by atoms with E-state index in [1.165, 1.54) is 0 Å². The Labute approximate surface area is 111 Å². The van der Waals surface area contributed by atoms with E-state index in [4.69, 9.17) is 9.15 Å². The second-order valence-corrected chi connectivity index (χ2v) is 4.03. The molecule has 5 nitrogen and oxygen atoms in total. The Morgan fingerprint density at radius 3 is 2.95 bits per heavy atom. The molecule has 0 aliphatic rings. The summed E-state index contributed by atoms with van der Waals surface area (Å²) >= 11 is 0. The topological polar surface area (TPSA) is 55.6 Å². The normalized spacial score (nSPS) is 10.2. The molecule has 5 heteroatoms. The SMILES string of the molecule is CCOC(=O)c1cccnc1N(C)Cc1ccco1. The van der Waals surface area contributed by atoms with E-state index in [-0.39, 0.29) is 5.97 Å². The molecular formula is C14H16N2O3. The Balaban J connectivity index is 2.21. The third-order valence-electron chi connectivity index (χ3n) is 2.62. The van der Waals surface area contributed by atoms with Gasteiger partial charge in [0.25, 0.3) is 0 Å². The second-order valence-electron chi connectivity index (χ2n) is 4.03. The van der Waals surface area contributed by atoms with Crippen molar-refractivity contribution in [2.24, 2.45) is 0 Å². The van der Waals surface area contributed by atoms with Crippen LogP contribution >= 0.6 is 0 Å². The van der Waals surface area contributed by atoms with Gasteiger partial charge in [0.1, 0.15) is 17.1 Å². The molecule has 0 bridgehead atoms. The number of hydrogen-bond acceptors (Lipinski definition) is 5. The third-order valence-corrected chi connectivity index (χ3v) is 2.62. The molecule has 0 amide bonds. The number of aromatic nitrogens is 1. The van der Waals surface area contributed by atoms with Gasteiger partial charge in [-0.15, -0.1) is 0 Å². The van der Waals surface area contributed by atoms with Gasteiger partial charge < -0.3 is 14.1 Å². The van der Waals surface area contributed by atoms with Crippen molar-refractivity contribution in [3.8, 4) is 0 Å². The van der Waals surface area contributed by atoms with Crippen molar-refractivity contribution in [3.05, 3.63) is 48.0 Å². The maximum absolute atomic E-state index is 11.9.